The number of nitrogens with two attached hydrogens (primary N) is 1. The van der Waals surface area contributed by atoms with E-state index in [9.17, 15) is 4.79 Å². The molecule has 0 saturated carbocycles. The Bertz CT molecular complexity index is 411. The molecule has 4 heteroatoms. The standard InChI is InChI=1S/C15H23N3O/c1-15(12-16)7-9-18(10-8-15)14(19)17-11-13-5-3-2-4-6-13/h2-6H,7-12,16H2,1H3,(H,17,19). The largest absolute Gasteiger partial charge is 0.334 e. The average molecular weight is 261 g/mol. The molecule has 1 aliphatic heterocycles. The number of amides is 2. The van der Waals surface area contributed by atoms with Crippen molar-refractivity contribution in [3.8, 4) is 0 Å². The van der Waals surface area contributed by atoms with Crippen LogP contribution in [-0.2, 0) is 6.54 Å². The van der Waals surface area contributed by atoms with Crippen molar-refractivity contribution in [2.24, 2.45) is 11.1 Å². The number of carbonyl (C=O) groups is 1. The first kappa shape index (κ1) is 13.9. The van der Waals surface area contributed by atoms with Gasteiger partial charge in [0.05, 0.1) is 0 Å². The molecule has 4 nitrogen and oxygen atoms in total. The number of nitrogens with zero attached hydrogens (tertiary/aromatic N) is 1. The van der Waals surface area contributed by atoms with Crippen molar-refractivity contribution >= 4 is 6.03 Å². The maximum Gasteiger partial charge on any atom is 0.317 e. The van der Waals surface area contributed by atoms with Gasteiger partial charge >= 0.3 is 6.03 Å². The molecule has 1 aliphatic rings. The normalized spacial score (nSPS) is 18.1. The Hall–Kier alpha value is -1.55. The number of likely N-dealkylation sites (tertiary alicyclic amines) is 1. The number of hydrogen-bond donors (Lipinski definition) is 2. The minimum absolute atomic E-state index is 0.0305. The molecule has 0 bridgehead atoms. The van der Waals surface area contributed by atoms with Crippen molar-refractivity contribution in [1.29, 1.82) is 0 Å². The fourth-order valence-electron chi connectivity index (χ4n) is 2.34. The summed E-state index contributed by atoms with van der Waals surface area (Å²) >= 11 is 0. The third-order valence-corrected chi connectivity index (χ3v) is 4.04. The van der Waals surface area contributed by atoms with Crippen LogP contribution < -0.4 is 11.1 Å². The van der Waals surface area contributed by atoms with E-state index in [-0.39, 0.29) is 11.4 Å². The number of hydrogen-bond acceptors (Lipinski definition) is 2. The van der Waals surface area contributed by atoms with E-state index in [2.05, 4.69) is 12.2 Å². The van der Waals surface area contributed by atoms with E-state index in [4.69, 9.17) is 5.73 Å². The first-order valence-corrected chi connectivity index (χ1v) is 6.90. The van der Waals surface area contributed by atoms with E-state index in [0.29, 0.717) is 13.1 Å². The van der Waals surface area contributed by atoms with Crippen LogP contribution in [0.25, 0.3) is 0 Å². The lowest BCUT2D eigenvalue weighted by Gasteiger charge is -2.38. The first-order chi connectivity index (χ1) is 9.13. The molecular formula is C15H23N3O. The molecule has 104 valence electrons. The summed E-state index contributed by atoms with van der Waals surface area (Å²) in [7, 11) is 0. The van der Waals surface area contributed by atoms with Gasteiger partial charge in [-0.1, -0.05) is 37.3 Å². The van der Waals surface area contributed by atoms with Crippen molar-refractivity contribution in [1.82, 2.24) is 10.2 Å². The summed E-state index contributed by atoms with van der Waals surface area (Å²) in [6.45, 7) is 5.09. The van der Waals surface area contributed by atoms with Gasteiger partial charge in [-0.25, -0.2) is 4.79 Å². The van der Waals surface area contributed by atoms with Gasteiger partial charge in [0, 0.05) is 19.6 Å². The molecule has 0 radical (unpaired) electrons. The number of rotatable bonds is 3. The van der Waals surface area contributed by atoms with Gasteiger partial charge in [0.15, 0.2) is 0 Å². The molecule has 3 N–H and O–H groups in total. The summed E-state index contributed by atoms with van der Waals surface area (Å²) in [5.41, 5.74) is 7.10. The molecule has 0 atom stereocenters. The Kier molecular flexibility index (Phi) is 4.43. The molecular weight excluding hydrogens is 238 g/mol. The van der Waals surface area contributed by atoms with Crippen LogP contribution in [0.4, 0.5) is 4.79 Å². The van der Waals surface area contributed by atoms with Crippen LogP contribution in [0.5, 0.6) is 0 Å². The summed E-state index contributed by atoms with van der Waals surface area (Å²) < 4.78 is 0. The van der Waals surface area contributed by atoms with Gasteiger partial charge in [0.2, 0.25) is 0 Å². The predicted molar refractivity (Wildman–Crippen MR) is 76.6 cm³/mol. The molecule has 0 unspecified atom stereocenters. The topological polar surface area (TPSA) is 58.4 Å². The van der Waals surface area contributed by atoms with Crippen molar-refractivity contribution in [3.05, 3.63) is 35.9 Å². The number of nitrogens with one attached hydrogen (secondary N) is 1. The molecule has 0 aromatic heterocycles. The molecule has 2 rings (SSSR count). The third kappa shape index (κ3) is 3.70. The lowest BCUT2D eigenvalue weighted by Crippen LogP contribution is -2.48. The number of urea groups is 1. The van der Waals surface area contributed by atoms with Gasteiger partial charge < -0.3 is 16.0 Å². The van der Waals surface area contributed by atoms with Gasteiger partial charge in [-0.05, 0) is 30.4 Å². The predicted octanol–water partition coefficient (Wildman–Crippen LogP) is 1.96. The van der Waals surface area contributed by atoms with E-state index < -0.39 is 0 Å². The maximum absolute atomic E-state index is 12.1. The third-order valence-electron chi connectivity index (χ3n) is 4.04. The van der Waals surface area contributed by atoms with E-state index in [1.54, 1.807) is 0 Å². The van der Waals surface area contributed by atoms with E-state index in [0.717, 1.165) is 31.5 Å². The molecule has 1 heterocycles. The Morgan fingerprint density at radius 3 is 2.53 bits per heavy atom. The van der Waals surface area contributed by atoms with E-state index >= 15 is 0 Å². The summed E-state index contributed by atoms with van der Waals surface area (Å²) in [6, 6.07) is 10.0. The second kappa shape index (κ2) is 6.06. The zero-order valence-electron chi connectivity index (χ0n) is 11.6. The Labute approximate surface area is 115 Å². The van der Waals surface area contributed by atoms with E-state index in [1.165, 1.54) is 0 Å². The van der Waals surface area contributed by atoms with Gasteiger partial charge in [-0.3, -0.25) is 0 Å². The van der Waals surface area contributed by atoms with Crippen molar-refractivity contribution in [2.75, 3.05) is 19.6 Å². The highest BCUT2D eigenvalue weighted by Crippen LogP contribution is 2.29. The van der Waals surface area contributed by atoms with Crippen molar-refractivity contribution < 1.29 is 4.79 Å². The highest BCUT2D eigenvalue weighted by molar-refractivity contribution is 5.74. The van der Waals surface area contributed by atoms with Crippen LogP contribution in [0.3, 0.4) is 0 Å². The SMILES string of the molecule is CC1(CN)CCN(C(=O)NCc2ccccc2)CC1. The van der Waals surface area contributed by atoms with Crippen molar-refractivity contribution in [3.63, 3.8) is 0 Å². The highest BCUT2D eigenvalue weighted by atomic mass is 16.2. The minimum atomic E-state index is 0.0305. The Morgan fingerprint density at radius 1 is 1.32 bits per heavy atom. The second-order valence-electron chi connectivity index (χ2n) is 5.65. The summed E-state index contributed by atoms with van der Waals surface area (Å²) in [6.07, 6.45) is 1.98. The molecule has 0 aliphatic carbocycles. The second-order valence-corrected chi connectivity index (χ2v) is 5.65. The van der Waals surface area contributed by atoms with Gasteiger partial charge in [-0.15, -0.1) is 0 Å². The molecule has 1 aromatic rings. The molecule has 0 spiro atoms. The zero-order valence-corrected chi connectivity index (χ0v) is 11.6. The molecule has 19 heavy (non-hydrogen) atoms. The fraction of sp³-hybridized carbons (Fsp3) is 0.533. The van der Waals surface area contributed by atoms with Crippen LogP contribution in [0.2, 0.25) is 0 Å². The first-order valence-electron chi connectivity index (χ1n) is 6.90. The van der Waals surface area contributed by atoms with Crippen LogP contribution >= 0.6 is 0 Å². The maximum atomic E-state index is 12.1. The van der Waals surface area contributed by atoms with Crippen LogP contribution in [0, 0.1) is 5.41 Å². The summed E-state index contributed by atoms with van der Waals surface area (Å²) in [5, 5.41) is 2.97. The van der Waals surface area contributed by atoms with Crippen LogP contribution in [0.15, 0.2) is 30.3 Å². The van der Waals surface area contributed by atoms with Crippen molar-refractivity contribution in [2.45, 2.75) is 26.3 Å². The quantitative estimate of drug-likeness (QED) is 0.874. The lowest BCUT2D eigenvalue weighted by atomic mass is 9.81. The molecule has 1 saturated heterocycles. The Balaban J connectivity index is 1.79. The molecule has 1 fully saturated rings. The number of piperidine rings is 1. The average Bonchev–Trinajstić information content (AvgIpc) is 2.47. The number of carbonyl (C=O) groups excluding carboxylic acids is 1. The Morgan fingerprint density at radius 2 is 1.95 bits per heavy atom. The molecule has 2 amide bonds. The molecule has 1 aromatic carbocycles. The minimum Gasteiger partial charge on any atom is -0.334 e. The smallest absolute Gasteiger partial charge is 0.317 e. The van der Waals surface area contributed by atoms with Crippen LogP contribution in [0.1, 0.15) is 25.3 Å². The van der Waals surface area contributed by atoms with Crippen LogP contribution in [-0.4, -0.2) is 30.6 Å². The van der Waals surface area contributed by atoms with E-state index in [1.807, 2.05) is 35.2 Å². The fourth-order valence-corrected chi connectivity index (χ4v) is 2.34. The van der Waals surface area contributed by atoms with Gasteiger partial charge in [0.1, 0.15) is 0 Å². The lowest BCUT2D eigenvalue weighted by molar-refractivity contribution is 0.133. The zero-order chi connectivity index (χ0) is 13.7. The number of benzene rings is 1. The summed E-state index contributed by atoms with van der Waals surface area (Å²) in [4.78, 5) is 13.9. The monoisotopic (exact) mass is 261 g/mol. The van der Waals surface area contributed by atoms with Gasteiger partial charge in [-0.2, -0.15) is 0 Å². The van der Waals surface area contributed by atoms with Gasteiger partial charge in [0.25, 0.3) is 0 Å². The summed E-state index contributed by atoms with van der Waals surface area (Å²) in [5.74, 6) is 0. The highest BCUT2D eigenvalue weighted by Gasteiger charge is 2.30.